The molecule has 3 aromatic rings. The van der Waals surface area contributed by atoms with E-state index in [2.05, 4.69) is 5.32 Å². The summed E-state index contributed by atoms with van der Waals surface area (Å²) in [7, 11) is 0. The second-order valence-corrected chi connectivity index (χ2v) is 5.66. The number of nitro groups is 1. The average Bonchev–Trinajstić information content (AvgIpc) is 2.68. The minimum Gasteiger partial charge on any atom is -0.457 e. The fourth-order valence-electron chi connectivity index (χ4n) is 2.38. The van der Waals surface area contributed by atoms with Crippen LogP contribution in [0, 0.1) is 15.9 Å². The molecule has 0 unspecified atom stereocenters. The normalized spacial score (nSPS) is 10.3. The number of carbonyl (C=O) groups is 1. The number of hydrogen-bond acceptors (Lipinski definition) is 4. The first kappa shape index (κ1) is 18.1. The van der Waals surface area contributed by atoms with Crippen LogP contribution < -0.4 is 10.1 Å². The number of rotatable bonds is 6. The minimum atomic E-state index is -0.815. The van der Waals surface area contributed by atoms with Gasteiger partial charge in [-0.25, -0.2) is 4.39 Å². The van der Waals surface area contributed by atoms with Gasteiger partial charge in [0.25, 0.3) is 11.6 Å². The molecule has 0 saturated carbocycles. The molecule has 0 fully saturated rings. The standard InChI is InChI=1S/C20H15FN2O4/c21-19-11-8-15(23(25)26)12-18(19)20(24)22-13-14-6-9-17(10-7-14)27-16-4-2-1-3-5-16/h1-12H,13H2,(H,22,24). The van der Waals surface area contributed by atoms with E-state index in [9.17, 15) is 19.3 Å². The van der Waals surface area contributed by atoms with Crippen LogP contribution >= 0.6 is 0 Å². The number of ether oxygens (including phenoxy) is 1. The van der Waals surface area contributed by atoms with Crippen molar-refractivity contribution in [3.05, 3.63) is 99.9 Å². The van der Waals surface area contributed by atoms with Crippen LogP contribution in [0.1, 0.15) is 15.9 Å². The summed E-state index contributed by atoms with van der Waals surface area (Å²) < 4.78 is 19.4. The van der Waals surface area contributed by atoms with Crippen LogP contribution in [0.2, 0.25) is 0 Å². The Hall–Kier alpha value is -3.74. The van der Waals surface area contributed by atoms with Crippen molar-refractivity contribution in [1.82, 2.24) is 5.32 Å². The highest BCUT2D eigenvalue weighted by Crippen LogP contribution is 2.21. The van der Waals surface area contributed by atoms with Gasteiger partial charge in [0, 0.05) is 18.7 Å². The molecule has 0 aliphatic heterocycles. The SMILES string of the molecule is O=C(NCc1ccc(Oc2ccccc2)cc1)c1cc([N+](=O)[O-])ccc1F. The molecule has 0 atom stereocenters. The lowest BCUT2D eigenvalue weighted by Gasteiger charge is -2.08. The number of benzene rings is 3. The zero-order chi connectivity index (χ0) is 19.2. The number of carbonyl (C=O) groups excluding carboxylic acids is 1. The quantitative estimate of drug-likeness (QED) is 0.516. The van der Waals surface area contributed by atoms with Crippen LogP contribution in [-0.2, 0) is 6.54 Å². The number of halogens is 1. The van der Waals surface area contributed by atoms with Crippen LogP contribution in [0.3, 0.4) is 0 Å². The van der Waals surface area contributed by atoms with E-state index >= 15 is 0 Å². The number of nitrogens with one attached hydrogen (secondary N) is 1. The van der Waals surface area contributed by atoms with Crippen molar-refractivity contribution in [3.8, 4) is 11.5 Å². The second-order valence-electron chi connectivity index (χ2n) is 5.66. The predicted octanol–water partition coefficient (Wildman–Crippen LogP) is 4.46. The molecule has 0 bridgehead atoms. The molecule has 7 heteroatoms. The molecule has 0 saturated heterocycles. The maximum absolute atomic E-state index is 13.8. The lowest BCUT2D eigenvalue weighted by Crippen LogP contribution is -2.23. The Morgan fingerprint density at radius 1 is 1.00 bits per heavy atom. The molecule has 6 nitrogen and oxygen atoms in total. The van der Waals surface area contributed by atoms with E-state index in [1.807, 2.05) is 30.3 Å². The monoisotopic (exact) mass is 366 g/mol. The highest BCUT2D eigenvalue weighted by atomic mass is 19.1. The fraction of sp³-hybridized carbons (Fsp3) is 0.0500. The first-order valence-electron chi connectivity index (χ1n) is 8.07. The summed E-state index contributed by atoms with van der Waals surface area (Å²) in [5.74, 6) is -0.189. The molecule has 0 heterocycles. The Morgan fingerprint density at radius 2 is 1.67 bits per heavy atom. The van der Waals surface area contributed by atoms with Gasteiger partial charge in [0.2, 0.25) is 0 Å². The Bertz CT molecular complexity index is 959. The maximum atomic E-state index is 13.8. The van der Waals surface area contributed by atoms with Crippen molar-refractivity contribution in [2.24, 2.45) is 0 Å². The Kier molecular flexibility index (Phi) is 5.41. The van der Waals surface area contributed by atoms with E-state index in [1.165, 1.54) is 0 Å². The van der Waals surface area contributed by atoms with E-state index in [0.717, 1.165) is 23.8 Å². The van der Waals surface area contributed by atoms with Gasteiger partial charge in [-0.2, -0.15) is 0 Å². The summed E-state index contributed by atoms with van der Waals surface area (Å²) in [5, 5.41) is 13.3. The van der Waals surface area contributed by atoms with Gasteiger partial charge in [-0.05, 0) is 35.9 Å². The van der Waals surface area contributed by atoms with Crippen molar-refractivity contribution >= 4 is 11.6 Å². The van der Waals surface area contributed by atoms with Crippen molar-refractivity contribution in [2.45, 2.75) is 6.54 Å². The highest BCUT2D eigenvalue weighted by molar-refractivity contribution is 5.95. The summed E-state index contributed by atoms with van der Waals surface area (Å²) in [6.07, 6.45) is 0. The molecule has 0 radical (unpaired) electrons. The largest absolute Gasteiger partial charge is 0.457 e. The van der Waals surface area contributed by atoms with Crippen LogP contribution in [-0.4, -0.2) is 10.8 Å². The minimum absolute atomic E-state index is 0.145. The van der Waals surface area contributed by atoms with Gasteiger partial charge < -0.3 is 10.1 Å². The average molecular weight is 366 g/mol. The molecule has 136 valence electrons. The third kappa shape index (κ3) is 4.66. The van der Waals surface area contributed by atoms with Crippen molar-refractivity contribution in [1.29, 1.82) is 0 Å². The molecule has 0 aliphatic carbocycles. The maximum Gasteiger partial charge on any atom is 0.270 e. The van der Waals surface area contributed by atoms with E-state index < -0.39 is 16.6 Å². The van der Waals surface area contributed by atoms with E-state index in [0.29, 0.717) is 11.5 Å². The summed E-state index contributed by atoms with van der Waals surface area (Å²) in [6.45, 7) is 0.145. The first-order chi connectivity index (χ1) is 13.0. The van der Waals surface area contributed by atoms with Crippen LogP contribution in [0.25, 0.3) is 0 Å². The van der Waals surface area contributed by atoms with Crippen molar-refractivity contribution < 1.29 is 18.8 Å². The van der Waals surface area contributed by atoms with E-state index in [-0.39, 0.29) is 17.8 Å². The van der Waals surface area contributed by atoms with E-state index in [4.69, 9.17) is 4.74 Å². The number of hydrogen-bond donors (Lipinski definition) is 1. The van der Waals surface area contributed by atoms with Crippen molar-refractivity contribution in [3.63, 3.8) is 0 Å². The lowest BCUT2D eigenvalue weighted by atomic mass is 10.1. The number of nitrogens with zero attached hydrogens (tertiary/aromatic N) is 1. The lowest BCUT2D eigenvalue weighted by molar-refractivity contribution is -0.384. The highest BCUT2D eigenvalue weighted by Gasteiger charge is 2.16. The fourth-order valence-corrected chi connectivity index (χ4v) is 2.38. The number of para-hydroxylation sites is 1. The summed E-state index contributed by atoms with van der Waals surface area (Å²) in [5.41, 5.74) is 0.0618. The molecule has 0 spiro atoms. The Morgan fingerprint density at radius 3 is 2.33 bits per heavy atom. The molecule has 27 heavy (non-hydrogen) atoms. The summed E-state index contributed by atoms with van der Waals surface area (Å²) in [4.78, 5) is 22.2. The van der Waals surface area contributed by atoms with Gasteiger partial charge in [-0.15, -0.1) is 0 Å². The zero-order valence-electron chi connectivity index (χ0n) is 14.1. The van der Waals surface area contributed by atoms with Gasteiger partial charge in [0.1, 0.15) is 17.3 Å². The summed E-state index contributed by atoms with van der Waals surface area (Å²) >= 11 is 0. The third-order valence-corrected chi connectivity index (χ3v) is 3.76. The molecule has 1 N–H and O–H groups in total. The molecular weight excluding hydrogens is 351 g/mol. The molecule has 1 amide bonds. The van der Waals surface area contributed by atoms with Gasteiger partial charge in [0.05, 0.1) is 10.5 Å². The van der Waals surface area contributed by atoms with Crippen molar-refractivity contribution in [2.75, 3.05) is 0 Å². The molecule has 0 aliphatic rings. The molecule has 3 aromatic carbocycles. The number of nitro benzene ring substituents is 1. The van der Waals surface area contributed by atoms with Gasteiger partial charge in [-0.1, -0.05) is 30.3 Å². The number of amides is 1. The van der Waals surface area contributed by atoms with Crippen LogP contribution in [0.15, 0.2) is 72.8 Å². The van der Waals surface area contributed by atoms with E-state index in [1.54, 1.807) is 24.3 Å². The van der Waals surface area contributed by atoms with Gasteiger partial charge in [0.15, 0.2) is 0 Å². The van der Waals surface area contributed by atoms with Crippen LogP contribution in [0.5, 0.6) is 11.5 Å². The topological polar surface area (TPSA) is 81.5 Å². The molecule has 3 rings (SSSR count). The van der Waals surface area contributed by atoms with Crippen LogP contribution in [0.4, 0.5) is 10.1 Å². The van der Waals surface area contributed by atoms with Gasteiger partial charge in [-0.3, -0.25) is 14.9 Å². The predicted molar refractivity (Wildman–Crippen MR) is 97.2 cm³/mol. The smallest absolute Gasteiger partial charge is 0.270 e. The Labute approximate surface area is 154 Å². The molecule has 0 aromatic heterocycles. The Balaban J connectivity index is 1.62. The summed E-state index contributed by atoms with van der Waals surface area (Å²) in [6, 6.07) is 19.2. The third-order valence-electron chi connectivity index (χ3n) is 3.76. The zero-order valence-corrected chi connectivity index (χ0v) is 14.1. The first-order valence-corrected chi connectivity index (χ1v) is 8.07. The number of non-ortho nitro benzene ring substituents is 1. The molecular formula is C20H15FN2O4. The van der Waals surface area contributed by atoms with Gasteiger partial charge >= 0.3 is 0 Å². The second kappa shape index (κ2) is 8.09.